The minimum absolute atomic E-state index is 0.122. The molecule has 0 amide bonds. The molecule has 194 valence electrons. The largest absolute Gasteiger partial charge is 0.480 e. The first-order chi connectivity index (χ1) is 17.2. The fraction of sp³-hybridized carbons (Fsp3) is 0.269. The molecule has 8 nitrogen and oxygen atoms in total. The molecule has 2 heterocycles. The van der Waals surface area contributed by atoms with E-state index < -0.39 is 27.4 Å². The van der Waals surface area contributed by atoms with E-state index in [0.717, 1.165) is 15.5 Å². The molecule has 2 aromatic carbocycles. The molecule has 1 atom stereocenters. The van der Waals surface area contributed by atoms with Gasteiger partial charge in [-0.25, -0.2) is 23.2 Å². The molecule has 2 aromatic heterocycles. The third-order valence-electron chi connectivity index (χ3n) is 5.81. The van der Waals surface area contributed by atoms with Crippen LogP contribution >= 0.6 is 23.2 Å². The van der Waals surface area contributed by atoms with Crippen LogP contribution in [-0.2, 0) is 14.8 Å². The smallest absolute Gasteiger partial charge is 0.328 e. The summed E-state index contributed by atoms with van der Waals surface area (Å²) in [6.07, 6.45) is 1.82. The zero-order valence-electron chi connectivity index (χ0n) is 20.9. The molecule has 0 aliphatic carbocycles. The van der Waals surface area contributed by atoms with Crippen molar-refractivity contribution in [3.63, 3.8) is 0 Å². The van der Waals surface area contributed by atoms with E-state index in [1.807, 2.05) is 36.7 Å². The number of carboxylic acid groups (broad SMARTS) is 1. The van der Waals surface area contributed by atoms with Gasteiger partial charge in [-0.05, 0) is 61.7 Å². The van der Waals surface area contributed by atoms with Crippen LogP contribution in [0.3, 0.4) is 0 Å². The molecular weight excluding hydrogens is 535 g/mol. The van der Waals surface area contributed by atoms with Crippen LogP contribution < -0.4 is 4.31 Å². The van der Waals surface area contributed by atoms with E-state index in [1.165, 1.54) is 18.2 Å². The third-order valence-corrected chi connectivity index (χ3v) is 8.02. The van der Waals surface area contributed by atoms with Crippen LogP contribution in [0.2, 0.25) is 10.0 Å². The van der Waals surface area contributed by atoms with Crippen LogP contribution in [0.4, 0.5) is 5.69 Å². The number of rotatable bonds is 6. The monoisotopic (exact) mass is 560 g/mol. The summed E-state index contributed by atoms with van der Waals surface area (Å²) in [6.45, 7) is 8.71. The van der Waals surface area contributed by atoms with Gasteiger partial charge < -0.3 is 9.67 Å². The molecule has 4 rings (SSSR count). The molecule has 0 saturated carbocycles. The molecule has 0 spiro atoms. The summed E-state index contributed by atoms with van der Waals surface area (Å²) < 4.78 is 30.8. The van der Waals surface area contributed by atoms with Crippen molar-refractivity contribution < 1.29 is 18.3 Å². The lowest BCUT2D eigenvalue weighted by Crippen LogP contribution is -2.52. The number of anilines is 1. The quantitative estimate of drug-likeness (QED) is 0.308. The second kappa shape index (κ2) is 9.63. The number of carbonyl (C=O) groups is 1. The van der Waals surface area contributed by atoms with Crippen molar-refractivity contribution >= 4 is 55.8 Å². The van der Waals surface area contributed by atoms with Crippen LogP contribution in [0.25, 0.3) is 16.7 Å². The van der Waals surface area contributed by atoms with Gasteiger partial charge in [0.2, 0.25) is 0 Å². The van der Waals surface area contributed by atoms with Gasteiger partial charge in [0.25, 0.3) is 10.0 Å². The molecule has 11 heteroatoms. The highest BCUT2D eigenvalue weighted by atomic mass is 35.5. The Kier molecular flexibility index (Phi) is 7.00. The first-order valence-electron chi connectivity index (χ1n) is 11.4. The molecule has 0 saturated heterocycles. The number of hydrogen-bond donors (Lipinski definition) is 1. The maximum atomic E-state index is 14.0. The predicted octanol–water partition coefficient (Wildman–Crippen LogP) is 6.04. The molecule has 0 fully saturated rings. The Morgan fingerprint density at radius 2 is 1.65 bits per heavy atom. The lowest BCUT2D eigenvalue weighted by Gasteiger charge is -2.37. The van der Waals surface area contributed by atoms with Gasteiger partial charge in [0, 0.05) is 33.4 Å². The maximum Gasteiger partial charge on any atom is 0.328 e. The van der Waals surface area contributed by atoms with Gasteiger partial charge in [-0.15, -0.1) is 0 Å². The van der Waals surface area contributed by atoms with E-state index in [2.05, 4.69) is 9.97 Å². The predicted molar refractivity (Wildman–Crippen MR) is 145 cm³/mol. The lowest BCUT2D eigenvalue weighted by atomic mass is 9.86. The minimum atomic E-state index is -4.40. The van der Waals surface area contributed by atoms with Crippen molar-refractivity contribution in [2.24, 2.45) is 5.41 Å². The van der Waals surface area contributed by atoms with Gasteiger partial charge in [-0.3, -0.25) is 4.31 Å². The van der Waals surface area contributed by atoms with Crippen molar-refractivity contribution in [1.29, 1.82) is 0 Å². The molecule has 0 radical (unpaired) electrons. The zero-order valence-corrected chi connectivity index (χ0v) is 23.2. The highest BCUT2D eigenvalue weighted by Gasteiger charge is 2.43. The molecule has 4 aromatic rings. The van der Waals surface area contributed by atoms with E-state index in [9.17, 15) is 18.3 Å². The molecule has 1 N–H and O–H groups in total. The number of aryl methyl sites for hydroxylation is 2. The van der Waals surface area contributed by atoms with Gasteiger partial charge in [0.15, 0.2) is 0 Å². The summed E-state index contributed by atoms with van der Waals surface area (Å²) in [5, 5.41) is 11.1. The van der Waals surface area contributed by atoms with Crippen LogP contribution in [0.15, 0.2) is 59.6 Å². The summed E-state index contributed by atoms with van der Waals surface area (Å²) in [4.78, 5) is 21.1. The summed E-state index contributed by atoms with van der Waals surface area (Å²) in [5.74, 6) is 0.0121. The highest BCUT2D eigenvalue weighted by Crippen LogP contribution is 2.37. The normalized spacial score (nSPS) is 13.1. The molecule has 0 bridgehead atoms. The number of carboxylic acids is 1. The fourth-order valence-electron chi connectivity index (χ4n) is 4.33. The van der Waals surface area contributed by atoms with Crippen molar-refractivity contribution in [2.75, 3.05) is 4.31 Å². The first kappa shape index (κ1) is 26.9. The molecule has 37 heavy (non-hydrogen) atoms. The average Bonchev–Trinajstić information content (AvgIpc) is 3.18. The number of fused-ring (bicyclic) bond motifs is 1. The fourth-order valence-corrected chi connectivity index (χ4v) is 6.84. The first-order valence-corrected chi connectivity index (χ1v) is 13.6. The summed E-state index contributed by atoms with van der Waals surface area (Å²) in [5.41, 5.74) is 0.816. The number of aliphatic carboxylic acids is 1. The van der Waals surface area contributed by atoms with E-state index in [0.29, 0.717) is 17.0 Å². The van der Waals surface area contributed by atoms with Crippen molar-refractivity contribution in [3.8, 4) is 5.82 Å². The van der Waals surface area contributed by atoms with Gasteiger partial charge in [-0.2, -0.15) is 0 Å². The lowest BCUT2D eigenvalue weighted by molar-refractivity contribution is -0.140. The van der Waals surface area contributed by atoms with Crippen LogP contribution in [-0.4, -0.2) is 40.1 Å². The summed E-state index contributed by atoms with van der Waals surface area (Å²) >= 11 is 12.2. The van der Waals surface area contributed by atoms with Gasteiger partial charge >= 0.3 is 5.97 Å². The molecular formula is C26H26Cl2N4O4S. The van der Waals surface area contributed by atoms with Crippen molar-refractivity contribution in [1.82, 2.24) is 14.5 Å². The number of halogens is 2. The number of aromatic nitrogens is 3. The van der Waals surface area contributed by atoms with Gasteiger partial charge in [0.05, 0.1) is 16.1 Å². The SMILES string of the molecule is Cc1cc(-n2ccc3cc(N(C(C(=O)O)C(C)(C)C)S(=O)(=O)c4cc(Cl)cc(Cl)c4)ccc32)nc(C)n1. The van der Waals surface area contributed by atoms with Crippen molar-refractivity contribution in [2.45, 2.75) is 45.6 Å². The Bertz CT molecular complexity index is 1590. The van der Waals surface area contributed by atoms with E-state index in [-0.39, 0.29) is 20.6 Å². The Hall–Kier alpha value is -3.14. The Labute approximate surface area is 225 Å². The van der Waals surface area contributed by atoms with Gasteiger partial charge in [0.1, 0.15) is 17.7 Å². The van der Waals surface area contributed by atoms with Gasteiger partial charge in [-0.1, -0.05) is 44.0 Å². The zero-order chi connectivity index (χ0) is 27.3. The van der Waals surface area contributed by atoms with Crippen molar-refractivity contribution in [3.05, 3.63) is 76.3 Å². The minimum Gasteiger partial charge on any atom is -0.480 e. The molecule has 1 unspecified atom stereocenters. The van der Waals surface area contributed by atoms with Crippen LogP contribution in [0, 0.1) is 19.3 Å². The number of nitrogens with zero attached hydrogens (tertiary/aromatic N) is 4. The second-order valence-corrected chi connectivity index (χ2v) is 12.5. The number of sulfonamides is 1. The highest BCUT2D eigenvalue weighted by molar-refractivity contribution is 7.93. The Morgan fingerprint density at radius 3 is 2.22 bits per heavy atom. The number of hydrogen-bond acceptors (Lipinski definition) is 5. The molecule has 0 aliphatic rings. The molecule has 0 aliphatic heterocycles. The van der Waals surface area contributed by atoms with E-state index in [1.54, 1.807) is 39.0 Å². The standard InChI is InChI=1S/C26H26Cl2N4O4S/c1-15-10-23(30-16(2)29-15)31-9-8-17-11-20(6-7-22(17)31)32(24(25(33)34)26(3,4)5)37(35,36)21-13-18(27)12-19(28)14-21/h6-14,24H,1-5H3,(H,33,34). The van der Waals surface area contributed by atoms with E-state index >= 15 is 0 Å². The Balaban J connectivity index is 1.94. The average molecular weight is 561 g/mol. The Morgan fingerprint density at radius 1 is 1.00 bits per heavy atom. The van der Waals surface area contributed by atoms with E-state index in [4.69, 9.17) is 23.2 Å². The summed E-state index contributed by atoms with van der Waals surface area (Å²) in [6, 6.07) is 11.1. The van der Waals surface area contributed by atoms with Crippen LogP contribution in [0.5, 0.6) is 0 Å². The maximum absolute atomic E-state index is 14.0. The second-order valence-electron chi connectivity index (χ2n) is 9.86. The number of benzene rings is 2. The summed E-state index contributed by atoms with van der Waals surface area (Å²) in [7, 11) is -4.40. The third kappa shape index (κ3) is 5.30. The van der Waals surface area contributed by atoms with Crippen LogP contribution in [0.1, 0.15) is 32.3 Å². The topological polar surface area (TPSA) is 105 Å².